The van der Waals surface area contributed by atoms with Gasteiger partial charge in [-0.2, -0.15) is 0 Å². The van der Waals surface area contributed by atoms with Crippen molar-refractivity contribution in [1.82, 2.24) is 10.2 Å². The molecule has 2 N–H and O–H groups in total. The Morgan fingerprint density at radius 3 is 2.40 bits per heavy atom. The van der Waals surface area contributed by atoms with Crippen LogP contribution in [0.15, 0.2) is 28.7 Å². The number of alkyl halides is 2. The Balaban J connectivity index is 2.56. The van der Waals surface area contributed by atoms with Gasteiger partial charge < -0.3 is 10.4 Å². The molecule has 0 radical (unpaired) electrons. The Labute approximate surface area is 127 Å². The van der Waals surface area contributed by atoms with E-state index in [1.807, 2.05) is 31.3 Å². The monoisotopic (exact) mass is 350 g/mol. The molecule has 0 aliphatic carbocycles. The Hall–Kier alpha value is -0.560. The summed E-state index contributed by atoms with van der Waals surface area (Å²) in [5.74, 6) is 0. The van der Waals surface area contributed by atoms with Crippen LogP contribution >= 0.6 is 15.9 Å². The highest BCUT2D eigenvalue weighted by atomic mass is 79.9. The number of halogens is 3. The third kappa shape index (κ3) is 6.26. The van der Waals surface area contributed by atoms with Gasteiger partial charge in [-0.25, -0.2) is 8.78 Å². The minimum Gasteiger partial charge on any atom is -0.395 e. The quantitative estimate of drug-likeness (QED) is 0.718. The number of hydrogen-bond donors (Lipinski definition) is 2. The summed E-state index contributed by atoms with van der Waals surface area (Å²) in [5.41, 5.74) is 1.12. The lowest BCUT2D eigenvalue weighted by molar-refractivity contribution is 0.0763. The van der Waals surface area contributed by atoms with Gasteiger partial charge in [0.05, 0.1) is 13.2 Å². The number of nitrogens with one attached hydrogen (secondary N) is 1. The molecule has 0 aromatic heterocycles. The van der Waals surface area contributed by atoms with E-state index in [-0.39, 0.29) is 25.7 Å². The van der Waals surface area contributed by atoms with Crippen LogP contribution in [0.3, 0.4) is 0 Å². The topological polar surface area (TPSA) is 35.5 Å². The lowest BCUT2D eigenvalue weighted by atomic mass is 10.0. The number of hydrogen-bond acceptors (Lipinski definition) is 3. The lowest BCUT2D eigenvalue weighted by Gasteiger charge is -2.24. The molecule has 6 heteroatoms. The largest absolute Gasteiger partial charge is 0.395 e. The SMILES string of the molecule is CNC(CCN(CCO)CC(F)F)c1ccc(Br)cc1. The first-order chi connectivity index (χ1) is 9.56. The molecule has 0 aliphatic heterocycles. The molecule has 1 aromatic rings. The molecule has 0 bridgehead atoms. The van der Waals surface area contributed by atoms with Gasteiger partial charge in [-0.05, 0) is 31.2 Å². The van der Waals surface area contributed by atoms with Gasteiger partial charge in [0.25, 0.3) is 6.43 Å². The van der Waals surface area contributed by atoms with E-state index in [4.69, 9.17) is 5.11 Å². The highest BCUT2D eigenvalue weighted by Gasteiger charge is 2.15. The average Bonchev–Trinajstić information content (AvgIpc) is 2.41. The molecule has 1 unspecified atom stereocenters. The lowest BCUT2D eigenvalue weighted by Crippen LogP contribution is -2.34. The van der Waals surface area contributed by atoms with Crippen LogP contribution in [0.5, 0.6) is 0 Å². The van der Waals surface area contributed by atoms with E-state index in [9.17, 15) is 8.78 Å². The van der Waals surface area contributed by atoms with E-state index in [1.165, 1.54) is 0 Å². The fraction of sp³-hybridized carbons (Fsp3) is 0.571. The Morgan fingerprint density at radius 2 is 1.90 bits per heavy atom. The predicted octanol–water partition coefficient (Wildman–Crippen LogP) is 2.66. The van der Waals surface area contributed by atoms with Crippen molar-refractivity contribution in [1.29, 1.82) is 0 Å². The fourth-order valence-electron chi connectivity index (χ4n) is 2.12. The highest BCUT2D eigenvalue weighted by molar-refractivity contribution is 9.10. The molecule has 3 nitrogen and oxygen atoms in total. The number of aliphatic hydroxyl groups excluding tert-OH is 1. The second-order valence-corrected chi connectivity index (χ2v) is 5.51. The van der Waals surface area contributed by atoms with Crippen LogP contribution in [0.25, 0.3) is 0 Å². The minimum atomic E-state index is -2.37. The molecule has 20 heavy (non-hydrogen) atoms. The van der Waals surface area contributed by atoms with E-state index in [0.29, 0.717) is 13.0 Å². The minimum absolute atomic E-state index is 0.102. The summed E-state index contributed by atoms with van der Waals surface area (Å²) < 4.78 is 25.9. The van der Waals surface area contributed by atoms with Crippen molar-refractivity contribution in [2.45, 2.75) is 18.9 Å². The Morgan fingerprint density at radius 1 is 1.25 bits per heavy atom. The third-order valence-electron chi connectivity index (χ3n) is 3.17. The van der Waals surface area contributed by atoms with Gasteiger partial charge in [0, 0.05) is 23.6 Å². The zero-order chi connectivity index (χ0) is 15.0. The molecule has 0 fully saturated rings. The summed E-state index contributed by atoms with van der Waals surface area (Å²) in [6.45, 7) is 0.403. The third-order valence-corrected chi connectivity index (χ3v) is 3.70. The predicted molar refractivity (Wildman–Crippen MR) is 80.1 cm³/mol. The van der Waals surface area contributed by atoms with Crippen LogP contribution in [0.2, 0.25) is 0 Å². The maximum Gasteiger partial charge on any atom is 0.251 e. The zero-order valence-electron chi connectivity index (χ0n) is 11.5. The number of aliphatic hydroxyl groups is 1. The summed E-state index contributed by atoms with van der Waals surface area (Å²) in [6.07, 6.45) is -1.66. The van der Waals surface area contributed by atoms with E-state index in [0.717, 1.165) is 10.0 Å². The number of benzene rings is 1. The van der Waals surface area contributed by atoms with Gasteiger partial charge in [0.15, 0.2) is 0 Å². The van der Waals surface area contributed by atoms with Crippen molar-refractivity contribution >= 4 is 15.9 Å². The summed E-state index contributed by atoms with van der Waals surface area (Å²) in [6, 6.07) is 8.06. The molecule has 114 valence electrons. The molecule has 1 aromatic carbocycles. The standard InChI is InChI=1S/C14H21BrF2N2O/c1-18-13(11-2-4-12(15)5-3-11)6-7-19(8-9-20)10-14(16)17/h2-5,13-14,18,20H,6-10H2,1H3. The van der Waals surface area contributed by atoms with E-state index in [2.05, 4.69) is 21.2 Å². The zero-order valence-corrected chi connectivity index (χ0v) is 13.1. The van der Waals surface area contributed by atoms with E-state index >= 15 is 0 Å². The van der Waals surface area contributed by atoms with Gasteiger partial charge >= 0.3 is 0 Å². The molecular formula is C14H21BrF2N2O. The molecule has 0 aliphatic rings. The molecular weight excluding hydrogens is 330 g/mol. The molecule has 1 atom stereocenters. The van der Waals surface area contributed by atoms with Gasteiger partial charge in [0.1, 0.15) is 0 Å². The van der Waals surface area contributed by atoms with Crippen LogP contribution < -0.4 is 5.32 Å². The van der Waals surface area contributed by atoms with Crippen LogP contribution in [0.4, 0.5) is 8.78 Å². The average molecular weight is 351 g/mol. The first-order valence-corrected chi connectivity index (χ1v) is 7.40. The molecule has 0 heterocycles. The van der Waals surface area contributed by atoms with Crippen LogP contribution in [0, 0.1) is 0 Å². The molecule has 1 rings (SSSR count). The first-order valence-electron chi connectivity index (χ1n) is 6.61. The van der Waals surface area contributed by atoms with Gasteiger partial charge in [-0.3, -0.25) is 4.90 Å². The first kappa shape index (κ1) is 17.5. The smallest absolute Gasteiger partial charge is 0.251 e. The summed E-state index contributed by atoms with van der Waals surface area (Å²) in [5, 5.41) is 12.1. The normalized spacial score (nSPS) is 13.2. The van der Waals surface area contributed by atoms with E-state index in [1.54, 1.807) is 4.90 Å². The van der Waals surface area contributed by atoms with Crippen LogP contribution in [0.1, 0.15) is 18.0 Å². The van der Waals surface area contributed by atoms with Gasteiger partial charge in [-0.1, -0.05) is 28.1 Å². The van der Waals surface area contributed by atoms with Crippen molar-refractivity contribution in [2.24, 2.45) is 0 Å². The molecule has 0 spiro atoms. The fourth-order valence-corrected chi connectivity index (χ4v) is 2.38. The van der Waals surface area contributed by atoms with Gasteiger partial charge in [0.2, 0.25) is 0 Å². The second-order valence-electron chi connectivity index (χ2n) is 4.60. The van der Waals surface area contributed by atoms with Crippen molar-refractivity contribution < 1.29 is 13.9 Å². The summed E-state index contributed by atoms with van der Waals surface area (Å²) in [4.78, 5) is 1.59. The molecule has 0 saturated carbocycles. The number of rotatable bonds is 9. The van der Waals surface area contributed by atoms with Crippen molar-refractivity contribution in [3.8, 4) is 0 Å². The maximum atomic E-state index is 12.4. The summed E-state index contributed by atoms with van der Waals surface area (Å²) >= 11 is 3.39. The molecule has 0 saturated heterocycles. The van der Waals surface area contributed by atoms with E-state index < -0.39 is 6.43 Å². The van der Waals surface area contributed by atoms with Crippen molar-refractivity contribution in [2.75, 3.05) is 33.3 Å². The Kier molecular flexibility index (Phi) is 8.21. The van der Waals surface area contributed by atoms with Crippen LogP contribution in [-0.4, -0.2) is 49.7 Å². The van der Waals surface area contributed by atoms with Crippen molar-refractivity contribution in [3.05, 3.63) is 34.3 Å². The van der Waals surface area contributed by atoms with Crippen LogP contribution in [-0.2, 0) is 0 Å². The number of nitrogens with zero attached hydrogens (tertiary/aromatic N) is 1. The molecule has 0 amide bonds. The summed E-state index contributed by atoms with van der Waals surface area (Å²) in [7, 11) is 1.86. The second kappa shape index (κ2) is 9.39. The highest BCUT2D eigenvalue weighted by Crippen LogP contribution is 2.19. The maximum absolute atomic E-state index is 12.4. The van der Waals surface area contributed by atoms with Gasteiger partial charge in [-0.15, -0.1) is 0 Å². The Bertz CT molecular complexity index is 376. The van der Waals surface area contributed by atoms with Crippen molar-refractivity contribution in [3.63, 3.8) is 0 Å².